The number of aliphatic imine (C=N–C) groups is 2. The standard InChI is InChI=1S/C13H31N7/c14-11(7-3-1-5-9-19-12(15)16)8-4-2-6-10-20-13(17)18/h11H,1-10,14H2,(H4,15,16,19)(H4,17,18,20). The van der Waals surface area contributed by atoms with E-state index in [1.807, 2.05) is 0 Å². The molecular formula is C13H31N7. The van der Waals surface area contributed by atoms with Crippen LogP contribution in [0.3, 0.4) is 0 Å². The smallest absolute Gasteiger partial charge is 0.185 e. The number of nitrogens with zero attached hydrogens (tertiary/aromatic N) is 2. The number of rotatable bonds is 12. The van der Waals surface area contributed by atoms with Gasteiger partial charge in [-0.1, -0.05) is 25.7 Å². The molecule has 118 valence electrons. The van der Waals surface area contributed by atoms with E-state index in [9.17, 15) is 0 Å². The molecule has 0 aliphatic rings. The summed E-state index contributed by atoms with van der Waals surface area (Å²) in [6, 6.07) is 0.293. The molecule has 0 saturated carbocycles. The van der Waals surface area contributed by atoms with Crippen molar-refractivity contribution in [2.45, 2.75) is 57.4 Å². The summed E-state index contributed by atoms with van der Waals surface area (Å²) in [5.41, 5.74) is 27.1. The van der Waals surface area contributed by atoms with E-state index < -0.39 is 0 Å². The van der Waals surface area contributed by atoms with E-state index in [-0.39, 0.29) is 11.9 Å². The highest BCUT2D eigenvalue weighted by atomic mass is 15.0. The molecule has 0 heterocycles. The Labute approximate surface area is 122 Å². The number of hydrogen-bond donors (Lipinski definition) is 5. The number of hydrogen-bond acceptors (Lipinski definition) is 3. The molecule has 20 heavy (non-hydrogen) atoms. The van der Waals surface area contributed by atoms with Crippen LogP contribution in [-0.2, 0) is 0 Å². The second kappa shape index (κ2) is 12.5. The fraction of sp³-hybridized carbons (Fsp3) is 0.846. The van der Waals surface area contributed by atoms with Crippen molar-refractivity contribution in [1.29, 1.82) is 0 Å². The van der Waals surface area contributed by atoms with Crippen LogP contribution in [0.25, 0.3) is 0 Å². The van der Waals surface area contributed by atoms with Gasteiger partial charge in [0.2, 0.25) is 0 Å². The molecule has 0 spiro atoms. The third-order valence-electron chi connectivity index (χ3n) is 3.05. The Morgan fingerprint density at radius 2 is 1.05 bits per heavy atom. The van der Waals surface area contributed by atoms with Gasteiger partial charge in [-0.2, -0.15) is 0 Å². The molecule has 0 aromatic rings. The first-order valence-electron chi connectivity index (χ1n) is 7.38. The molecule has 0 saturated heterocycles. The van der Waals surface area contributed by atoms with E-state index >= 15 is 0 Å². The Morgan fingerprint density at radius 3 is 1.40 bits per heavy atom. The molecule has 0 radical (unpaired) electrons. The molecule has 0 aromatic heterocycles. The molecule has 10 N–H and O–H groups in total. The van der Waals surface area contributed by atoms with E-state index in [0.29, 0.717) is 19.1 Å². The van der Waals surface area contributed by atoms with E-state index in [2.05, 4.69) is 9.98 Å². The molecule has 0 aromatic carbocycles. The molecule has 0 unspecified atom stereocenters. The van der Waals surface area contributed by atoms with Crippen molar-refractivity contribution < 1.29 is 0 Å². The molecule has 7 heteroatoms. The van der Waals surface area contributed by atoms with Gasteiger partial charge in [0.15, 0.2) is 11.9 Å². The Bertz CT molecular complexity index is 252. The quantitative estimate of drug-likeness (QED) is 0.193. The van der Waals surface area contributed by atoms with Crippen LogP contribution in [0.1, 0.15) is 51.4 Å². The lowest BCUT2D eigenvalue weighted by atomic mass is 10.0. The van der Waals surface area contributed by atoms with Crippen molar-refractivity contribution in [1.82, 2.24) is 0 Å². The highest BCUT2D eigenvalue weighted by molar-refractivity contribution is 5.75. The first kappa shape index (κ1) is 18.5. The van der Waals surface area contributed by atoms with Gasteiger partial charge in [-0.3, -0.25) is 9.98 Å². The fourth-order valence-electron chi connectivity index (χ4n) is 1.95. The Balaban J connectivity index is 3.31. The molecule has 0 amide bonds. The van der Waals surface area contributed by atoms with E-state index in [1.165, 1.54) is 0 Å². The molecule has 0 atom stereocenters. The van der Waals surface area contributed by atoms with Crippen LogP contribution >= 0.6 is 0 Å². The summed E-state index contributed by atoms with van der Waals surface area (Å²) in [6.07, 6.45) is 8.67. The summed E-state index contributed by atoms with van der Waals surface area (Å²) < 4.78 is 0. The summed E-state index contributed by atoms with van der Waals surface area (Å²) in [5, 5.41) is 0. The van der Waals surface area contributed by atoms with Crippen LogP contribution in [0.5, 0.6) is 0 Å². The predicted molar refractivity (Wildman–Crippen MR) is 86.3 cm³/mol. The Morgan fingerprint density at radius 1 is 0.650 bits per heavy atom. The first-order chi connectivity index (χ1) is 9.52. The fourth-order valence-corrected chi connectivity index (χ4v) is 1.95. The lowest BCUT2D eigenvalue weighted by Gasteiger charge is -2.10. The van der Waals surface area contributed by atoms with E-state index in [1.54, 1.807) is 0 Å². The average molecular weight is 285 g/mol. The summed E-state index contributed by atoms with van der Waals surface area (Å²) >= 11 is 0. The topological polar surface area (TPSA) is 155 Å². The van der Waals surface area contributed by atoms with Gasteiger partial charge in [0.1, 0.15) is 0 Å². The van der Waals surface area contributed by atoms with Crippen LogP contribution in [-0.4, -0.2) is 31.1 Å². The lowest BCUT2D eigenvalue weighted by Crippen LogP contribution is -2.23. The summed E-state index contributed by atoms with van der Waals surface area (Å²) in [6.45, 7) is 1.42. The minimum atomic E-state index is 0.169. The van der Waals surface area contributed by atoms with Gasteiger partial charge in [0.05, 0.1) is 0 Å². The highest BCUT2D eigenvalue weighted by Crippen LogP contribution is 2.09. The summed E-state index contributed by atoms with van der Waals surface area (Å²) in [4.78, 5) is 7.89. The van der Waals surface area contributed by atoms with E-state index in [4.69, 9.17) is 28.7 Å². The summed E-state index contributed by atoms with van der Waals surface area (Å²) in [7, 11) is 0. The molecule has 7 nitrogen and oxygen atoms in total. The third-order valence-corrected chi connectivity index (χ3v) is 3.05. The van der Waals surface area contributed by atoms with Gasteiger partial charge < -0.3 is 28.7 Å². The molecule has 0 fully saturated rings. The molecule has 0 aliphatic heterocycles. The Hall–Kier alpha value is -1.50. The van der Waals surface area contributed by atoms with Gasteiger partial charge in [-0.05, 0) is 25.7 Å². The number of unbranched alkanes of at least 4 members (excludes halogenated alkanes) is 4. The molecule has 0 bridgehead atoms. The van der Waals surface area contributed by atoms with Gasteiger partial charge in [-0.15, -0.1) is 0 Å². The van der Waals surface area contributed by atoms with Crippen molar-refractivity contribution in [3.05, 3.63) is 0 Å². The van der Waals surface area contributed by atoms with Gasteiger partial charge >= 0.3 is 0 Å². The van der Waals surface area contributed by atoms with Crippen molar-refractivity contribution in [3.8, 4) is 0 Å². The van der Waals surface area contributed by atoms with Crippen molar-refractivity contribution in [3.63, 3.8) is 0 Å². The summed E-state index contributed by atoms with van der Waals surface area (Å²) in [5.74, 6) is 0.338. The maximum absolute atomic E-state index is 6.06. The monoisotopic (exact) mass is 285 g/mol. The second-order valence-electron chi connectivity index (χ2n) is 5.07. The number of nitrogens with two attached hydrogens (primary N) is 5. The minimum Gasteiger partial charge on any atom is -0.370 e. The SMILES string of the molecule is NC(N)=NCCCCCC(N)CCCCCN=C(N)N. The second-order valence-corrected chi connectivity index (χ2v) is 5.07. The minimum absolute atomic E-state index is 0.169. The third kappa shape index (κ3) is 14.6. The van der Waals surface area contributed by atoms with Gasteiger partial charge in [0.25, 0.3) is 0 Å². The zero-order chi connectivity index (χ0) is 15.2. The van der Waals surface area contributed by atoms with Gasteiger partial charge in [0, 0.05) is 19.1 Å². The zero-order valence-corrected chi connectivity index (χ0v) is 12.4. The van der Waals surface area contributed by atoms with E-state index in [0.717, 1.165) is 51.4 Å². The van der Waals surface area contributed by atoms with Crippen LogP contribution < -0.4 is 28.7 Å². The zero-order valence-electron chi connectivity index (χ0n) is 12.4. The van der Waals surface area contributed by atoms with Crippen LogP contribution in [0, 0.1) is 0 Å². The maximum atomic E-state index is 6.06. The van der Waals surface area contributed by atoms with Gasteiger partial charge in [-0.25, -0.2) is 0 Å². The Kier molecular flexibility index (Phi) is 11.6. The van der Waals surface area contributed by atoms with Crippen molar-refractivity contribution >= 4 is 11.9 Å². The van der Waals surface area contributed by atoms with Crippen LogP contribution in [0.4, 0.5) is 0 Å². The first-order valence-corrected chi connectivity index (χ1v) is 7.38. The normalized spacial score (nSPS) is 10.5. The average Bonchev–Trinajstić information content (AvgIpc) is 2.37. The van der Waals surface area contributed by atoms with Crippen molar-refractivity contribution in [2.75, 3.05) is 13.1 Å². The van der Waals surface area contributed by atoms with Crippen LogP contribution in [0.15, 0.2) is 9.98 Å². The maximum Gasteiger partial charge on any atom is 0.185 e. The molecular weight excluding hydrogens is 254 g/mol. The van der Waals surface area contributed by atoms with Crippen LogP contribution in [0.2, 0.25) is 0 Å². The molecule has 0 rings (SSSR count). The number of guanidine groups is 2. The molecule has 0 aliphatic carbocycles. The highest BCUT2D eigenvalue weighted by Gasteiger charge is 2.02. The lowest BCUT2D eigenvalue weighted by molar-refractivity contribution is 0.497. The van der Waals surface area contributed by atoms with Crippen molar-refractivity contribution in [2.24, 2.45) is 38.7 Å². The predicted octanol–water partition coefficient (Wildman–Crippen LogP) is -0.0187. The largest absolute Gasteiger partial charge is 0.370 e.